The van der Waals surface area contributed by atoms with Crippen molar-refractivity contribution in [2.75, 3.05) is 25.3 Å². The molecule has 0 saturated heterocycles. The number of methoxy groups -OCH3 is 2. The molecule has 7 nitrogen and oxygen atoms in total. The van der Waals surface area contributed by atoms with Gasteiger partial charge in [0.05, 0.1) is 31.0 Å². The van der Waals surface area contributed by atoms with Gasteiger partial charge in [-0.15, -0.1) is 11.3 Å². The molecule has 0 fully saturated rings. The Kier molecular flexibility index (Phi) is 6.71. The molecule has 0 saturated carbocycles. The average Bonchev–Trinajstić information content (AvgIpc) is 3.11. The number of para-hydroxylation sites is 1. The van der Waals surface area contributed by atoms with Crippen LogP contribution in [0.1, 0.15) is 10.4 Å². The second kappa shape index (κ2) is 9.68. The number of benzene rings is 2. The van der Waals surface area contributed by atoms with Crippen LogP contribution in [0.4, 0.5) is 5.69 Å². The van der Waals surface area contributed by atoms with Crippen LogP contribution in [0.15, 0.2) is 58.5 Å². The van der Waals surface area contributed by atoms with Crippen molar-refractivity contribution >= 4 is 44.9 Å². The number of hydrogen-bond acceptors (Lipinski definition) is 7. The summed E-state index contributed by atoms with van der Waals surface area (Å²) in [5, 5.41) is 3.95. The lowest BCUT2D eigenvalue weighted by atomic mass is 10.2. The van der Waals surface area contributed by atoms with E-state index in [9.17, 15) is 9.59 Å². The molecule has 33 heavy (non-hydrogen) atoms. The normalized spacial score (nSPS) is 10.9. The van der Waals surface area contributed by atoms with E-state index in [1.54, 1.807) is 29.9 Å². The Morgan fingerprint density at radius 3 is 2.52 bits per heavy atom. The van der Waals surface area contributed by atoms with Gasteiger partial charge in [0.15, 0.2) is 16.7 Å². The maximum absolute atomic E-state index is 13.4. The van der Waals surface area contributed by atoms with Gasteiger partial charge in [0, 0.05) is 16.6 Å². The Hall–Kier alpha value is -3.30. The lowest BCUT2D eigenvalue weighted by Crippen LogP contribution is -2.22. The highest BCUT2D eigenvalue weighted by Gasteiger charge is 2.19. The minimum Gasteiger partial charge on any atom is -0.493 e. The van der Waals surface area contributed by atoms with Crippen molar-refractivity contribution in [2.45, 2.75) is 19.0 Å². The lowest BCUT2D eigenvalue weighted by molar-refractivity contribution is -0.113. The summed E-state index contributed by atoms with van der Waals surface area (Å²) in [5.74, 6) is 0.967. The number of ether oxygens (including phenoxy) is 2. The molecule has 2 heterocycles. The number of hydrogen-bond donors (Lipinski definition) is 1. The van der Waals surface area contributed by atoms with Crippen LogP contribution in [0.5, 0.6) is 11.5 Å². The lowest BCUT2D eigenvalue weighted by Gasteiger charge is -2.13. The summed E-state index contributed by atoms with van der Waals surface area (Å²) >= 11 is 2.71. The Labute approximate surface area is 199 Å². The smallest absolute Gasteiger partial charge is 0.267 e. The van der Waals surface area contributed by atoms with E-state index in [-0.39, 0.29) is 17.2 Å². The van der Waals surface area contributed by atoms with Crippen molar-refractivity contribution in [1.82, 2.24) is 9.55 Å². The molecule has 170 valence electrons. The standard InChI is InChI=1S/C24H23N3O4S2/c1-14-15(2)33-22-21(14)23(29)27(17-8-6-5-7-9-17)24(26-22)32-13-20(28)25-16-10-11-18(30-3)19(12-16)31-4/h5-12H,13H2,1-4H3,(H,25,28). The van der Waals surface area contributed by atoms with Crippen LogP contribution in [0.2, 0.25) is 0 Å². The zero-order chi connectivity index (χ0) is 23.5. The molecule has 0 unspecified atom stereocenters. The number of carbonyl (C=O) groups excluding carboxylic acids is 1. The topological polar surface area (TPSA) is 82.5 Å². The molecular formula is C24H23N3O4S2. The first-order valence-electron chi connectivity index (χ1n) is 10.2. The maximum Gasteiger partial charge on any atom is 0.267 e. The molecule has 9 heteroatoms. The molecule has 0 spiro atoms. The fourth-order valence-electron chi connectivity index (χ4n) is 3.42. The molecule has 2 aromatic carbocycles. The number of thiophene rings is 1. The first-order chi connectivity index (χ1) is 15.9. The van der Waals surface area contributed by atoms with Crippen molar-refractivity contribution in [2.24, 2.45) is 0 Å². The van der Waals surface area contributed by atoms with Gasteiger partial charge in [-0.05, 0) is 43.7 Å². The van der Waals surface area contributed by atoms with Crippen molar-refractivity contribution in [3.8, 4) is 17.2 Å². The molecule has 2 aromatic heterocycles. The van der Waals surface area contributed by atoms with Crippen molar-refractivity contribution in [3.05, 3.63) is 69.3 Å². The molecule has 0 aliphatic carbocycles. The predicted molar refractivity (Wildman–Crippen MR) is 134 cm³/mol. The fourth-order valence-corrected chi connectivity index (χ4v) is 5.30. The third-order valence-corrected chi connectivity index (χ3v) is 7.23. The summed E-state index contributed by atoms with van der Waals surface area (Å²) in [7, 11) is 3.09. The largest absolute Gasteiger partial charge is 0.493 e. The summed E-state index contributed by atoms with van der Waals surface area (Å²) in [6, 6.07) is 14.5. The fraction of sp³-hybridized carbons (Fsp3) is 0.208. The summed E-state index contributed by atoms with van der Waals surface area (Å²) in [6.45, 7) is 3.92. The van der Waals surface area contributed by atoms with E-state index in [0.717, 1.165) is 10.4 Å². The van der Waals surface area contributed by atoms with Gasteiger partial charge in [0.25, 0.3) is 5.56 Å². The second-order valence-electron chi connectivity index (χ2n) is 7.24. The number of nitrogens with one attached hydrogen (secondary N) is 1. The van der Waals surface area contributed by atoms with Crippen LogP contribution in [-0.4, -0.2) is 35.4 Å². The summed E-state index contributed by atoms with van der Waals surface area (Å²) in [4.78, 5) is 32.6. The maximum atomic E-state index is 13.4. The van der Waals surface area contributed by atoms with Gasteiger partial charge in [0.1, 0.15) is 4.83 Å². The Balaban J connectivity index is 1.63. The van der Waals surface area contributed by atoms with Crippen LogP contribution in [0.25, 0.3) is 15.9 Å². The van der Waals surface area contributed by atoms with Crippen LogP contribution in [0.3, 0.4) is 0 Å². The van der Waals surface area contributed by atoms with E-state index in [2.05, 4.69) is 5.32 Å². The van der Waals surface area contributed by atoms with Gasteiger partial charge in [-0.1, -0.05) is 30.0 Å². The highest BCUT2D eigenvalue weighted by atomic mass is 32.2. The number of carbonyl (C=O) groups is 1. The SMILES string of the molecule is COc1ccc(NC(=O)CSc2nc3sc(C)c(C)c3c(=O)n2-c2ccccc2)cc1OC. The monoisotopic (exact) mass is 481 g/mol. The number of aromatic nitrogens is 2. The number of thioether (sulfide) groups is 1. The van der Waals surface area contributed by atoms with Crippen LogP contribution < -0.4 is 20.3 Å². The van der Waals surface area contributed by atoms with Gasteiger partial charge in [0.2, 0.25) is 5.91 Å². The van der Waals surface area contributed by atoms with Gasteiger partial charge in [-0.25, -0.2) is 4.98 Å². The van der Waals surface area contributed by atoms with Crippen LogP contribution >= 0.6 is 23.1 Å². The van der Waals surface area contributed by atoms with Crippen molar-refractivity contribution in [1.29, 1.82) is 0 Å². The highest BCUT2D eigenvalue weighted by molar-refractivity contribution is 7.99. The van der Waals surface area contributed by atoms with E-state index in [0.29, 0.717) is 38.2 Å². The molecule has 1 N–H and O–H groups in total. The Bertz CT molecular complexity index is 1380. The molecule has 0 bridgehead atoms. The molecule has 0 aliphatic rings. The van der Waals surface area contributed by atoms with Crippen LogP contribution in [0, 0.1) is 13.8 Å². The minimum absolute atomic E-state index is 0.0858. The molecule has 4 aromatic rings. The number of nitrogens with zero attached hydrogens (tertiary/aromatic N) is 2. The van der Waals surface area contributed by atoms with Gasteiger partial charge < -0.3 is 14.8 Å². The van der Waals surface area contributed by atoms with E-state index >= 15 is 0 Å². The third-order valence-electron chi connectivity index (χ3n) is 5.19. The summed E-state index contributed by atoms with van der Waals surface area (Å²) < 4.78 is 12.1. The Morgan fingerprint density at radius 1 is 1.09 bits per heavy atom. The van der Waals surface area contributed by atoms with E-state index in [4.69, 9.17) is 14.5 Å². The van der Waals surface area contributed by atoms with E-state index in [1.165, 1.54) is 30.2 Å². The van der Waals surface area contributed by atoms with Gasteiger partial charge >= 0.3 is 0 Å². The summed E-state index contributed by atoms with van der Waals surface area (Å²) in [6.07, 6.45) is 0. The highest BCUT2D eigenvalue weighted by Crippen LogP contribution is 2.31. The van der Waals surface area contributed by atoms with Crippen LogP contribution in [-0.2, 0) is 4.79 Å². The quantitative estimate of drug-likeness (QED) is 0.301. The van der Waals surface area contributed by atoms with Crippen molar-refractivity contribution < 1.29 is 14.3 Å². The molecule has 0 atom stereocenters. The zero-order valence-corrected chi connectivity index (χ0v) is 20.3. The van der Waals surface area contributed by atoms with E-state index in [1.807, 2.05) is 44.2 Å². The second-order valence-corrected chi connectivity index (χ2v) is 9.39. The molecule has 4 rings (SSSR count). The molecular weight excluding hydrogens is 458 g/mol. The van der Waals surface area contributed by atoms with Crippen molar-refractivity contribution in [3.63, 3.8) is 0 Å². The molecule has 0 aliphatic heterocycles. The zero-order valence-electron chi connectivity index (χ0n) is 18.7. The first kappa shape index (κ1) is 22.9. The van der Waals surface area contributed by atoms with Gasteiger partial charge in [-0.2, -0.15) is 0 Å². The predicted octanol–water partition coefficient (Wildman–Crippen LogP) is 4.81. The van der Waals surface area contributed by atoms with E-state index < -0.39 is 0 Å². The number of fused-ring (bicyclic) bond motifs is 1. The Morgan fingerprint density at radius 2 is 1.82 bits per heavy atom. The molecule has 1 amide bonds. The number of amides is 1. The molecule has 0 radical (unpaired) electrons. The minimum atomic E-state index is -0.222. The number of anilines is 1. The number of rotatable bonds is 7. The third kappa shape index (κ3) is 4.60. The average molecular weight is 482 g/mol. The summed E-state index contributed by atoms with van der Waals surface area (Å²) in [5.41, 5.74) is 2.12. The first-order valence-corrected chi connectivity index (χ1v) is 12.0. The van der Waals surface area contributed by atoms with Gasteiger partial charge in [-0.3, -0.25) is 14.2 Å². The number of aryl methyl sites for hydroxylation is 2.